The third kappa shape index (κ3) is 7.52. The minimum Gasteiger partial charge on any atom is -0.399 e. The van der Waals surface area contributed by atoms with E-state index < -0.39 is 10.0 Å². The second kappa shape index (κ2) is 12.2. The fourth-order valence-electron chi connectivity index (χ4n) is 3.75. The Labute approximate surface area is 227 Å². The number of sulfonamides is 1. The highest BCUT2D eigenvalue weighted by Gasteiger charge is 2.20. The molecule has 0 saturated heterocycles. The number of anilines is 4. The third-order valence-electron chi connectivity index (χ3n) is 5.62. The minimum atomic E-state index is -3.91. The maximum Gasteiger partial charge on any atom is 0.262 e. The van der Waals surface area contributed by atoms with Gasteiger partial charge in [-0.3, -0.25) is 4.72 Å². The van der Waals surface area contributed by atoms with Gasteiger partial charge in [0.25, 0.3) is 10.0 Å². The van der Waals surface area contributed by atoms with E-state index in [1.165, 1.54) is 6.07 Å². The Hall–Kier alpha value is -3.46. The standard InChI is InChI=1S/C27H27Cl2N5O2S/c28-21-7-12-24(13-8-21)31-16-17-33-27-25(2-1-15-32-27)34-37(35,36)26-14-9-22(29)18-20(26)6-3-19-4-10-23(30)11-5-19/h1-2,4-5,7-15,18,31,34H,3,6,16-17,30H2,(H,32,33). The lowest BCUT2D eigenvalue weighted by molar-refractivity contribution is 0.600. The summed E-state index contributed by atoms with van der Waals surface area (Å²) in [6.45, 7) is 1.11. The van der Waals surface area contributed by atoms with Gasteiger partial charge >= 0.3 is 0 Å². The van der Waals surface area contributed by atoms with E-state index in [1.807, 2.05) is 48.5 Å². The molecule has 37 heavy (non-hydrogen) atoms. The van der Waals surface area contributed by atoms with Gasteiger partial charge in [-0.05, 0) is 90.7 Å². The van der Waals surface area contributed by atoms with Gasteiger partial charge in [-0.15, -0.1) is 0 Å². The van der Waals surface area contributed by atoms with Crippen LogP contribution in [0.2, 0.25) is 10.0 Å². The van der Waals surface area contributed by atoms with E-state index in [0.29, 0.717) is 58.7 Å². The molecule has 0 aliphatic carbocycles. The van der Waals surface area contributed by atoms with Crippen LogP contribution in [0, 0.1) is 0 Å². The number of benzene rings is 3. The van der Waals surface area contributed by atoms with E-state index in [1.54, 1.807) is 30.5 Å². The van der Waals surface area contributed by atoms with E-state index >= 15 is 0 Å². The van der Waals surface area contributed by atoms with Crippen LogP contribution in [0.5, 0.6) is 0 Å². The molecule has 0 aliphatic rings. The number of nitrogens with two attached hydrogens (primary N) is 1. The molecule has 0 aliphatic heterocycles. The Kier molecular flexibility index (Phi) is 8.76. The fourth-order valence-corrected chi connectivity index (χ4v) is 5.39. The molecule has 0 bridgehead atoms. The van der Waals surface area contributed by atoms with Crippen molar-refractivity contribution in [3.63, 3.8) is 0 Å². The highest BCUT2D eigenvalue weighted by Crippen LogP contribution is 2.27. The summed E-state index contributed by atoms with van der Waals surface area (Å²) in [6.07, 6.45) is 2.74. The van der Waals surface area contributed by atoms with Crippen LogP contribution in [0.25, 0.3) is 0 Å². The lowest BCUT2D eigenvalue weighted by Gasteiger charge is -2.16. The maximum absolute atomic E-state index is 13.4. The van der Waals surface area contributed by atoms with Crippen LogP contribution in [0.1, 0.15) is 11.1 Å². The Morgan fingerprint density at radius 1 is 0.811 bits per heavy atom. The molecule has 192 valence electrons. The molecule has 3 aromatic carbocycles. The summed E-state index contributed by atoms with van der Waals surface area (Å²) < 4.78 is 29.6. The molecule has 5 N–H and O–H groups in total. The van der Waals surface area contributed by atoms with Crippen molar-refractivity contribution in [1.29, 1.82) is 0 Å². The molecule has 4 rings (SSSR count). The predicted octanol–water partition coefficient (Wildman–Crippen LogP) is 6.08. The summed E-state index contributed by atoms with van der Waals surface area (Å²) in [5.74, 6) is 0.432. The summed E-state index contributed by atoms with van der Waals surface area (Å²) in [5.41, 5.74) is 9.42. The van der Waals surface area contributed by atoms with E-state index in [4.69, 9.17) is 28.9 Å². The largest absolute Gasteiger partial charge is 0.399 e. The Morgan fingerprint density at radius 3 is 2.27 bits per heavy atom. The van der Waals surface area contributed by atoms with Crippen LogP contribution in [-0.2, 0) is 22.9 Å². The molecule has 0 amide bonds. The number of hydrogen-bond donors (Lipinski definition) is 4. The quantitative estimate of drug-likeness (QED) is 0.132. The summed E-state index contributed by atoms with van der Waals surface area (Å²) >= 11 is 12.1. The molecular formula is C27H27Cl2N5O2S. The summed E-state index contributed by atoms with van der Waals surface area (Å²) in [6, 6.07) is 23.1. The summed E-state index contributed by atoms with van der Waals surface area (Å²) in [5, 5.41) is 7.60. The number of nitrogen functional groups attached to an aromatic ring is 1. The van der Waals surface area contributed by atoms with E-state index in [9.17, 15) is 8.42 Å². The van der Waals surface area contributed by atoms with Crippen molar-refractivity contribution in [3.05, 3.63) is 106 Å². The van der Waals surface area contributed by atoms with Crippen molar-refractivity contribution in [1.82, 2.24) is 4.98 Å². The molecule has 0 saturated carbocycles. The Morgan fingerprint density at radius 2 is 1.51 bits per heavy atom. The number of aromatic nitrogens is 1. The lowest BCUT2D eigenvalue weighted by atomic mass is 10.0. The van der Waals surface area contributed by atoms with Crippen molar-refractivity contribution in [2.24, 2.45) is 0 Å². The molecule has 0 unspecified atom stereocenters. The number of rotatable bonds is 11. The zero-order chi connectivity index (χ0) is 26.3. The predicted molar refractivity (Wildman–Crippen MR) is 153 cm³/mol. The molecule has 10 heteroatoms. The zero-order valence-electron chi connectivity index (χ0n) is 19.9. The van der Waals surface area contributed by atoms with Crippen molar-refractivity contribution in [3.8, 4) is 0 Å². The molecule has 1 heterocycles. The van der Waals surface area contributed by atoms with E-state index in [2.05, 4.69) is 20.3 Å². The second-order valence-corrected chi connectivity index (χ2v) is 10.9. The number of nitrogens with zero attached hydrogens (tertiary/aromatic N) is 1. The van der Waals surface area contributed by atoms with Crippen LogP contribution in [0.15, 0.2) is 90.0 Å². The van der Waals surface area contributed by atoms with Crippen LogP contribution >= 0.6 is 23.2 Å². The topological polar surface area (TPSA) is 109 Å². The van der Waals surface area contributed by atoms with Gasteiger partial charge in [-0.25, -0.2) is 13.4 Å². The van der Waals surface area contributed by atoms with Crippen LogP contribution in [0.3, 0.4) is 0 Å². The Balaban J connectivity index is 1.45. The first kappa shape index (κ1) is 26.6. The van der Waals surface area contributed by atoms with Crippen LogP contribution in [0.4, 0.5) is 22.9 Å². The molecule has 7 nitrogen and oxygen atoms in total. The number of hydrogen-bond acceptors (Lipinski definition) is 6. The number of pyridine rings is 1. The second-order valence-electron chi connectivity index (χ2n) is 8.36. The van der Waals surface area contributed by atoms with Crippen molar-refractivity contribution in [2.75, 3.05) is 34.2 Å². The third-order valence-corrected chi connectivity index (χ3v) is 7.57. The molecule has 0 spiro atoms. The van der Waals surface area contributed by atoms with Gasteiger partial charge in [-0.2, -0.15) is 0 Å². The molecule has 1 aromatic heterocycles. The minimum absolute atomic E-state index is 0.173. The molecular weight excluding hydrogens is 529 g/mol. The van der Waals surface area contributed by atoms with Gasteiger partial charge in [0, 0.05) is 40.7 Å². The fraction of sp³-hybridized carbons (Fsp3) is 0.148. The SMILES string of the molecule is Nc1ccc(CCc2cc(Cl)ccc2S(=O)(=O)Nc2cccnc2NCCNc2ccc(Cl)cc2)cc1. The van der Waals surface area contributed by atoms with E-state index in [0.717, 1.165) is 11.3 Å². The van der Waals surface area contributed by atoms with Crippen LogP contribution in [-0.4, -0.2) is 26.5 Å². The van der Waals surface area contributed by atoms with Gasteiger partial charge in [-0.1, -0.05) is 35.3 Å². The zero-order valence-corrected chi connectivity index (χ0v) is 22.2. The van der Waals surface area contributed by atoms with Gasteiger partial charge < -0.3 is 16.4 Å². The van der Waals surface area contributed by atoms with Gasteiger partial charge in [0.2, 0.25) is 0 Å². The van der Waals surface area contributed by atoms with Crippen molar-refractivity contribution in [2.45, 2.75) is 17.7 Å². The normalized spacial score (nSPS) is 11.2. The summed E-state index contributed by atoms with van der Waals surface area (Å²) in [4.78, 5) is 4.49. The first-order valence-corrected chi connectivity index (χ1v) is 13.9. The monoisotopic (exact) mass is 555 g/mol. The first-order chi connectivity index (χ1) is 17.8. The number of halogens is 2. The van der Waals surface area contributed by atoms with Gasteiger partial charge in [0.1, 0.15) is 5.82 Å². The average molecular weight is 557 g/mol. The van der Waals surface area contributed by atoms with Crippen molar-refractivity contribution >= 4 is 56.1 Å². The number of nitrogens with one attached hydrogen (secondary N) is 3. The summed E-state index contributed by atoms with van der Waals surface area (Å²) in [7, 11) is -3.91. The molecule has 4 aromatic rings. The first-order valence-electron chi connectivity index (χ1n) is 11.6. The van der Waals surface area contributed by atoms with Crippen LogP contribution < -0.4 is 21.1 Å². The van der Waals surface area contributed by atoms with E-state index in [-0.39, 0.29) is 4.90 Å². The highest BCUT2D eigenvalue weighted by molar-refractivity contribution is 7.92. The molecule has 0 radical (unpaired) electrons. The van der Waals surface area contributed by atoms with Gasteiger partial charge in [0.05, 0.1) is 10.6 Å². The Bertz CT molecular complexity index is 1450. The van der Waals surface area contributed by atoms with Gasteiger partial charge in [0.15, 0.2) is 0 Å². The number of aryl methyl sites for hydroxylation is 2. The maximum atomic E-state index is 13.4. The molecule has 0 atom stereocenters. The average Bonchev–Trinajstić information content (AvgIpc) is 2.88. The lowest BCUT2D eigenvalue weighted by Crippen LogP contribution is -2.19. The molecule has 0 fully saturated rings. The van der Waals surface area contributed by atoms with Crippen molar-refractivity contribution < 1.29 is 8.42 Å². The highest BCUT2D eigenvalue weighted by atomic mass is 35.5. The smallest absolute Gasteiger partial charge is 0.262 e.